The van der Waals surface area contributed by atoms with Crippen LogP contribution in [0.25, 0.3) is 0 Å². The molecule has 1 aliphatic heterocycles. The molecule has 0 bridgehead atoms. The Balaban J connectivity index is 2.69. The van der Waals surface area contributed by atoms with Crippen LogP contribution in [0.15, 0.2) is 16.6 Å². The zero-order valence-electron chi connectivity index (χ0n) is 5.97. The standard InChI is InChI=1S/C7H11FN2/c1-5(8)6-2-3-10-7(9)4-6/h4-5H,2-3H2,1H3,(H2,9,10). The Morgan fingerprint density at radius 3 is 2.90 bits per heavy atom. The van der Waals surface area contributed by atoms with Gasteiger partial charge < -0.3 is 5.73 Å². The van der Waals surface area contributed by atoms with Gasteiger partial charge in [-0.3, -0.25) is 4.99 Å². The molecule has 0 saturated heterocycles. The number of rotatable bonds is 1. The van der Waals surface area contributed by atoms with E-state index in [1.54, 1.807) is 6.08 Å². The first-order chi connectivity index (χ1) is 4.70. The summed E-state index contributed by atoms with van der Waals surface area (Å²) in [7, 11) is 0. The summed E-state index contributed by atoms with van der Waals surface area (Å²) in [5.41, 5.74) is 6.13. The molecule has 1 aliphatic rings. The number of halogens is 1. The number of aliphatic imine (C=N–C) groups is 1. The maximum atomic E-state index is 12.6. The van der Waals surface area contributed by atoms with Gasteiger partial charge in [-0.1, -0.05) is 0 Å². The quantitative estimate of drug-likeness (QED) is 0.583. The summed E-state index contributed by atoms with van der Waals surface area (Å²) >= 11 is 0. The first-order valence-electron chi connectivity index (χ1n) is 3.34. The Morgan fingerprint density at radius 2 is 2.50 bits per heavy atom. The maximum absolute atomic E-state index is 12.6. The molecular weight excluding hydrogens is 131 g/mol. The van der Waals surface area contributed by atoms with E-state index in [1.807, 2.05) is 0 Å². The highest BCUT2D eigenvalue weighted by atomic mass is 19.1. The Kier molecular flexibility index (Phi) is 2.04. The Bertz CT molecular complexity index is 182. The highest BCUT2D eigenvalue weighted by Crippen LogP contribution is 2.13. The molecule has 0 spiro atoms. The lowest BCUT2D eigenvalue weighted by Gasteiger charge is -2.11. The minimum atomic E-state index is -0.881. The summed E-state index contributed by atoms with van der Waals surface area (Å²) in [4.78, 5) is 3.91. The highest BCUT2D eigenvalue weighted by molar-refractivity contribution is 5.92. The van der Waals surface area contributed by atoms with Crippen LogP contribution < -0.4 is 5.73 Å². The summed E-state index contributed by atoms with van der Waals surface area (Å²) in [6.45, 7) is 2.15. The van der Waals surface area contributed by atoms with E-state index in [0.717, 1.165) is 5.57 Å². The molecule has 1 rings (SSSR count). The highest BCUT2D eigenvalue weighted by Gasteiger charge is 2.09. The van der Waals surface area contributed by atoms with Crippen LogP contribution in [-0.2, 0) is 0 Å². The lowest BCUT2D eigenvalue weighted by molar-refractivity contribution is 0.402. The van der Waals surface area contributed by atoms with Crippen molar-refractivity contribution < 1.29 is 4.39 Å². The van der Waals surface area contributed by atoms with Gasteiger partial charge in [0.1, 0.15) is 12.0 Å². The summed E-state index contributed by atoms with van der Waals surface area (Å²) in [6, 6.07) is 0. The zero-order valence-corrected chi connectivity index (χ0v) is 5.97. The van der Waals surface area contributed by atoms with E-state index in [-0.39, 0.29) is 0 Å². The molecule has 0 saturated carbocycles. The fourth-order valence-corrected chi connectivity index (χ4v) is 0.936. The molecule has 1 heterocycles. The number of dihydropyridines is 1. The molecule has 2 nitrogen and oxygen atoms in total. The summed E-state index contributed by atoms with van der Waals surface area (Å²) in [6.07, 6.45) is 1.45. The molecule has 0 radical (unpaired) electrons. The van der Waals surface area contributed by atoms with Crippen molar-refractivity contribution in [2.45, 2.75) is 19.5 Å². The summed E-state index contributed by atoms with van der Waals surface area (Å²) in [5, 5.41) is 0. The fourth-order valence-electron chi connectivity index (χ4n) is 0.936. The number of hydrogen-bond acceptors (Lipinski definition) is 2. The minimum Gasteiger partial charge on any atom is -0.384 e. The third-order valence-corrected chi connectivity index (χ3v) is 1.54. The average molecular weight is 142 g/mol. The van der Waals surface area contributed by atoms with Crippen LogP contribution >= 0.6 is 0 Å². The van der Waals surface area contributed by atoms with E-state index in [2.05, 4.69) is 4.99 Å². The zero-order chi connectivity index (χ0) is 7.56. The normalized spacial score (nSPS) is 21.4. The predicted molar refractivity (Wildman–Crippen MR) is 39.8 cm³/mol. The first kappa shape index (κ1) is 7.25. The van der Waals surface area contributed by atoms with Crippen LogP contribution in [0.3, 0.4) is 0 Å². The monoisotopic (exact) mass is 142 g/mol. The Hall–Kier alpha value is -0.860. The van der Waals surface area contributed by atoms with Crippen molar-refractivity contribution in [2.75, 3.05) is 6.54 Å². The van der Waals surface area contributed by atoms with Gasteiger partial charge >= 0.3 is 0 Å². The van der Waals surface area contributed by atoms with Crippen LogP contribution in [-0.4, -0.2) is 18.6 Å². The number of amidine groups is 1. The van der Waals surface area contributed by atoms with Gasteiger partial charge in [0.2, 0.25) is 0 Å². The molecule has 0 aromatic heterocycles. The molecule has 56 valence electrons. The van der Waals surface area contributed by atoms with Crippen molar-refractivity contribution >= 4 is 5.84 Å². The van der Waals surface area contributed by atoms with Gasteiger partial charge in [-0.2, -0.15) is 0 Å². The smallest absolute Gasteiger partial charge is 0.119 e. The molecule has 0 amide bonds. The molecule has 10 heavy (non-hydrogen) atoms. The molecule has 1 unspecified atom stereocenters. The molecule has 0 fully saturated rings. The van der Waals surface area contributed by atoms with Crippen molar-refractivity contribution in [2.24, 2.45) is 10.7 Å². The van der Waals surface area contributed by atoms with Crippen molar-refractivity contribution in [1.29, 1.82) is 0 Å². The lowest BCUT2D eigenvalue weighted by Crippen LogP contribution is -2.16. The molecule has 0 aromatic carbocycles. The van der Waals surface area contributed by atoms with Gasteiger partial charge in [-0.05, 0) is 25.0 Å². The Morgan fingerprint density at radius 1 is 1.80 bits per heavy atom. The van der Waals surface area contributed by atoms with Crippen LogP contribution in [0.2, 0.25) is 0 Å². The second-order valence-electron chi connectivity index (χ2n) is 2.39. The third kappa shape index (κ3) is 1.56. The van der Waals surface area contributed by atoms with Gasteiger partial charge in [0.15, 0.2) is 0 Å². The largest absolute Gasteiger partial charge is 0.384 e. The predicted octanol–water partition coefficient (Wildman–Crippen LogP) is 1.03. The number of nitrogens with zero attached hydrogens (tertiary/aromatic N) is 1. The summed E-state index contributed by atoms with van der Waals surface area (Å²) < 4.78 is 12.6. The van der Waals surface area contributed by atoms with E-state index in [1.165, 1.54) is 6.92 Å². The Labute approximate surface area is 59.6 Å². The fraction of sp³-hybridized carbons (Fsp3) is 0.571. The van der Waals surface area contributed by atoms with E-state index < -0.39 is 6.17 Å². The summed E-state index contributed by atoms with van der Waals surface area (Å²) in [5.74, 6) is 0.450. The number of nitrogens with two attached hydrogens (primary N) is 1. The van der Waals surface area contributed by atoms with Crippen LogP contribution in [0.5, 0.6) is 0 Å². The number of alkyl halides is 1. The van der Waals surface area contributed by atoms with E-state index in [4.69, 9.17) is 5.73 Å². The van der Waals surface area contributed by atoms with E-state index >= 15 is 0 Å². The van der Waals surface area contributed by atoms with Crippen LogP contribution in [0.4, 0.5) is 4.39 Å². The third-order valence-electron chi connectivity index (χ3n) is 1.54. The number of hydrogen-bond donors (Lipinski definition) is 1. The second-order valence-corrected chi connectivity index (χ2v) is 2.39. The molecule has 0 aliphatic carbocycles. The van der Waals surface area contributed by atoms with E-state index in [9.17, 15) is 4.39 Å². The van der Waals surface area contributed by atoms with Gasteiger partial charge in [-0.15, -0.1) is 0 Å². The van der Waals surface area contributed by atoms with Crippen molar-refractivity contribution in [3.8, 4) is 0 Å². The van der Waals surface area contributed by atoms with E-state index in [0.29, 0.717) is 18.8 Å². The van der Waals surface area contributed by atoms with Gasteiger partial charge in [0, 0.05) is 6.54 Å². The maximum Gasteiger partial charge on any atom is 0.119 e. The van der Waals surface area contributed by atoms with Gasteiger partial charge in [0.25, 0.3) is 0 Å². The first-order valence-corrected chi connectivity index (χ1v) is 3.34. The van der Waals surface area contributed by atoms with Crippen molar-refractivity contribution in [3.63, 3.8) is 0 Å². The topological polar surface area (TPSA) is 38.4 Å². The van der Waals surface area contributed by atoms with Crippen LogP contribution in [0.1, 0.15) is 13.3 Å². The molecule has 2 N–H and O–H groups in total. The van der Waals surface area contributed by atoms with Crippen molar-refractivity contribution in [1.82, 2.24) is 0 Å². The van der Waals surface area contributed by atoms with Crippen LogP contribution in [0, 0.1) is 0 Å². The average Bonchev–Trinajstić information content (AvgIpc) is 1.88. The van der Waals surface area contributed by atoms with Crippen molar-refractivity contribution in [3.05, 3.63) is 11.6 Å². The molecule has 1 atom stereocenters. The second kappa shape index (κ2) is 2.82. The molecule has 3 heteroatoms. The van der Waals surface area contributed by atoms with Gasteiger partial charge in [-0.25, -0.2) is 4.39 Å². The lowest BCUT2D eigenvalue weighted by atomic mass is 10.1. The van der Waals surface area contributed by atoms with Gasteiger partial charge in [0.05, 0.1) is 0 Å². The molecular formula is C7H11FN2. The minimum absolute atomic E-state index is 0.450. The SMILES string of the molecule is CC(F)C1=CC(N)=NCC1. The molecule has 0 aromatic rings.